The molecular weight excluding hydrogens is 274 g/mol. The summed E-state index contributed by atoms with van der Waals surface area (Å²) >= 11 is 0. The van der Waals surface area contributed by atoms with Crippen LogP contribution in [-0.2, 0) is 4.74 Å². The van der Waals surface area contributed by atoms with Crippen LogP contribution in [0.15, 0.2) is 34.7 Å². The van der Waals surface area contributed by atoms with Crippen LogP contribution in [0.1, 0.15) is 27.9 Å². The van der Waals surface area contributed by atoms with Gasteiger partial charge in [0.05, 0.1) is 27.4 Å². The monoisotopic (exact) mass is 291 g/mol. The number of ether oxygens (including phenoxy) is 3. The maximum absolute atomic E-state index is 11.4. The van der Waals surface area contributed by atoms with Crippen LogP contribution in [0, 0.1) is 0 Å². The first kappa shape index (κ1) is 14.9. The van der Waals surface area contributed by atoms with Crippen molar-refractivity contribution in [1.29, 1.82) is 0 Å². The quantitative estimate of drug-likeness (QED) is 0.850. The van der Waals surface area contributed by atoms with E-state index >= 15 is 0 Å². The first-order valence-corrected chi connectivity index (χ1v) is 6.26. The molecule has 1 aromatic heterocycles. The second-order valence-corrected chi connectivity index (χ2v) is 4.28. The fraction of sp³-hybridized carbons (Fsp3) is 0.267. The molecule has 1 atom stereocenters. The standard InChI is InChI=1S/C15H17NO5/c1-18-9-4-5-11(19-2)10(8-9)14(16)12-6-7-13(21-12)15(17)20-3/h4-8,14H,16H2,1-3H3. The van der Waals surface area contributed by atoms with Crippen molar-refractivity contribution in [2.45, 2.75) is 6.04 Å². The van der Waals surface area contributed by atoms with Crippen LogP contribution in [0.4, 0.5) is 0 Å². The van der Waals surface area contributed by atoms with Crippen molar-refractivity contribution in [3.8, 4) is 11.5 Å². The number of methoxy groups -OCH3 is 3. The van der Waals surface area contributed by atoms with Gasteiger partial charge in [0.2, 0.25) is 5.76 Å². The lowest BCUT2D eigenvalue weighted by Gasteiger charge is -2.15. The number of benzene rings is 1. The maximum Gasteiger partial charge on any atom is 0.373 e. The van der Waals surface area contributed by atoms with Crippen molar-refractivity contribution >= 4 is 5.97 Å². The number of esters is 1. The molecule has 0 amide bonds. The molecule has 21 heavy (non-hydrogen) atoms. The van der Waals surface area contributed by atoms with E-state index < -0.39 is 12.0 Å². The molecule has 112 valence electrons. The molecule has 1 heterocycles. The summed E-state index contributed by atoms with van der Waals surface area (Å²) in [6.45, 7) is 0. The first-order chi connectivity index (χ1) is 10.1. The molecule has 6 nitrogen and oxygen atoms in total. The Morgan fingerprint density at radius 2 is 1.90 bits per heavy atom. The van der Waals surface area contributed by atoms with Crippen LogP contribution in [0.25, 0.3) is 0 Å². The van der Waals surface area contributed by atoms with Crippen molar-refractivity contribution in [2.75, 3.05) is 21.3 Å². The minimum Gasteiger partial charge on any atom is -0.497 e. The van der Waals surface area contributed by atoms with Gasteiger partial charge in [0.15, 0.2) is 0 Å². The van der Waals surface area contributed by atoms with E-state index in [9.17, 15) is 4.79 Å². The fourth-order valence-electron chi connectivity index (χ4n) is 1.97. The van der Waals surface area contributed by atoms with Gasteiger partial charge in [-0.05, 0) is 30.3 Å². The summed E-state index contributed by atoms with van der Waals surface area (Å²) in [6.07, 6.45) is 0. The third kappa shape index (κ3) is 3.00. The average molecular weight is 291 g/mol. The normalized spacial score (nSPS) is 11.8. The molecule has 2 aromatic rings. The Bertz CT molecular complexity index is 635. The first-order valence-electron chi connectivity index (χ1n) is 6.26. The second-order valence-electron chi connectivity index (χ2n) is 4.28. The Kier molecular flexibility index (Phi) is 4.49. The van der Waals surface area contributed by atoms with Crippen molar-refractivity contribution in [3.05, 3.63) is 47.4 Å². The van der Waals surface area contributed by atoms with Crippen LogP contribution >= 0.6 is 0 Å². The van der Waals surface area contributed by atoms with Gasteiger partial charge in [0.25, 0.3) is 0 Å². The van der Waals surface area contributed by atoms with Crippen molar-refractivity contribution < 1.29 is 23.4 Å². The van der Waals surface area contributed by atoms with Gasteiger partial charge in [-0.1, -0.05) is 0 Å². The van der Waals surface area contributed by atoms with Gasteiger partial charge in [-0.3, -0.25) is 0 Å². The molecular formula is C15H17NO5. The highest BCUT2D eigenvalue weighted by atomic mass is 16.5. The molecule has 1 aromatic carbocycles. The number of carbonyl (C=O) groups is 1. The molecule has 2 N–H and O–H groups in total. The predicted octanol–water partition coefficient (Wildman–Crippen LogP) is 2.13. The van der Waals surface area contributed by atoms with Gasteiger partial charge in [-0.25, -0.2) is 4.79 Å². The number of carbonyl (C=O) groups excluding carboxylic acids is 1. The van der Waals surface area contributed by atoms with Crippen LogP contribution in [0.5, 0.6) is 11.5 Å². The van der Waals surface area contributed by atoms with Gasteiger partial charge in [-0.15, -0.1) is 0 Å². The molecule has 0 aliphatic heterocycles. The van der Waals surface area contributed by atoms with Crippen molar-refractivity contribution in [2.24, 2.45) is 5.73 Å². The predicted molar refractivity (Wildman–Crippen MR) is 75.6 cm³/mol. The molecule has 0 aliphatic carbocycles. The Labute approximate surface area is 122 Å². The smallest absolute Gasteiger partial charge is 0.373 e. The zero-order valence-corrected chi connectivity index (χ0v) is 12.1. The molecule has 2 rings (SSSR count). The van der Waals surface area contributed by atoms with E-state index in [0.29, 0.717) is 22.8 Å². The van der Waals surface area contributed by atoms with E-state index in [0.717, 1.165) is 0 Å². The third-order valence-electron chi connectivity index (χ3n) is 3.09. The number of rotatable bonds is 5. The van der Waals surface area contributed by atoms with E-state index in [1.807, 2.05) is 0 Å². The molecule has 0 saturated heterocycles. The Morgan fingerprint density at radius 1 is 1.14 bits per heavy atom. The Hall–Kier alpha value is -2.47. The van der Waals surface area contributed by atoms with Crippen LogP contribution in [0.3, 0.4) is 0 Å². The summed E-state index contributed by atoms with van der Waals surface area (Å²) in [5.41, 5.74) is 6.89. The van der Waals surface area contributed by atoms with Crippen molar-refractivity contribution in [3.63, 3.8) is 0 Å². The summed E-state index contributed by atoms with van der Waals surface area (Å²) in [4.78, 5) is 11.4. The zero-order valence-electron chi connectivity index (χ0n) is 12.1. The van der Waals surface area contributed by atoms with Crippen LogP contribution in [-0.4, -0.2) is 27.3 Å². The number of hydrogen-bond donors (Lipinski definition) is 1. The van der Waals surface area contributed by atoms with E-state index in [1.54, 1.807) is 38.5 Å². The lowest BCUT2D eigenvalue weighted by atomic mass is 10.0. The van der Waals surface area contributed by atoms with Crippen molar-refractivity contribution in [1.82, 2.24) is 0 Å². The number of nitrogens with two attached hydrogens (primary N) is 1. The molecule has 0 saturated carbocycles. The summed E-state index contributed by atoms with van der Waals surface area (Å²) in [5, 5.41) is 0. The van der Waals surface area contributed by atoms with Gasteiger partial charge in [-0.2, -0.15) is 0 Å². The molecule has 0 radical (unpaired) electrons. The van der Waals surface area contributed by atoms with Crippen LogP contribution in [0.2, 0.25) is 0 Å². The van der Waals surface area contributed by atoms with Gasteiger partial charge < -0.3 is 24.4 Å². The largest absolute Gasteiger partial charge is 0.497 e. The lowest BCUT2D eigenvalue weighted by molar-refractivity contribution is 0.0562. The SMILES string of the molecule is COC(=O)c1ccc(C(N)c2cc(OC)ccc2OC)o1. The number of hydrogen-bond acceptors (Lipinski definition) is 6. The third-order valence-corrected chi connectivity index (χ3v) is 3.09. The summed E-state index contributed by atoms with van der Waals surface area (Å²) in [5.74, 6) is 1.25. The summed E-state index contributed by atoms with van der Waals surface area (Å²) in [7, 11) is 4.41. The second kappa shape index (κ2) is 6.32. The minimum absolute atomic E-state index is 0.102. The summed E-state index contributed by atoms with van der Waals surface area (Å²) < 4.78 is 20.5. The fourth-order valence-corrected chi connectivity index (χ4v) is 1.97. The molecule has 0 spiro atoms. The van der Waals surface area contributed by atoms with Crippen LogP contribution < -0.4 is 15.2 Å². The highest BCUT2D eigenvalue weighted by molar-refractivity contribution is 5.86. The van der Waals surface area contributed by atoms with Gasteiger partial charge in [0.1, 0.15) is 17.3 Å². The van der Waals surface area contributed by atoms with E-state index in [-0.39, 0.29) is 5.76 Å². The number of furan rings is 1. The zero-order chi connectivity index (χ0) is 15.4. The highest BCUT2D eigenvalue weighted by Gasteiger charge is 2.20. The van der Waals surface area contributed by atoms with Gasteiger partial charge >= 0.3 is 5.97 Å². The minimum atomic E-state index is -0.589. The molecule has 6 heteroatoms. The van der Waals surface area contributed by atoms with E-state index in [1.165, 1.54) is 13.2 Å². The Balaban J connectivity index is 2.36. The van der Waals surface area contributed by atoms with Gasteiger partial charge in [0, 0.05) is 5.56 Å². The topological polar surface area (TPSA) is 83.9 Å². The molecule has 0 fully saturated rings. The van der Waals surface area contributed by atoms with E-state index in [2.05, 4.69) is 4.74 Å². The highest BCUT2D eigenvalue weighted by Crippen LogP contribution is 2.32. The average Bonchev–Trinajstić information content (AvgIpc) is 3.02. The molecule has 0 bridgehead atoms. The van der Waals surface area contributed by atoms with E-state index in [4.69, 9.17) is 19.6 Å². The lowest BCUT2D eigenvalue weighted by Crippen LogP contribution is -2.12. The maximum atomic E-state index is 11.4. The summed E-state index contributed by atoms with van der Waals surface area (Å²) in [6, 6.07) is 7.87. The molecule has 1 unspecified atom stereocenters. The molecule has 0 aliphatic rings. The Morgan fingerprint density at radius 3 is 2.52 bits per heavy atom.